The molecule has 0 radical (unpaired) electrons. The number of hydrogen-bond donors (Lipinski definition) is 4. The number of rotatable bonds is 10. The lowest BCUT2D eigenvalue weighted by Gasteiger charge is -2.14. The predicted molar refractivity (Wildman–Crippen MR) is 118 cm³/mol. The van der Waals surface area contributed by atoms with Gasteiger partial charge in [-0.25, -0.2) is 13.6 Å². The van der Waals surface area contributed by atoms with Gasteiger partial charge in [0.2, 0.25) is 10.0 Å². The normalized spacial score (nSPS) is 12.5. The van der Waals surface area contributed by atoms with Crippen molar-refractivity contribution in [2.75, 3.05) is 27.2 Å². The number of nitrogens with one attached hydrogen (secondary N) is 1. The third-order valence-electron chi connectivity index (χ3n) is 4.53. The van der Waals surface area contributed by atoms with E-state index in [9.17, 15) is 8.42 Å². The highest BCUT2D eigenvalue weighted by molar-refractivity contribution is 7.89. The molecule has 0 aliphatic rings. The van der Waals surface area contributed by atoms with Crippen LogP contribution in [0.15, 0.2) is 52.5 Å². The molecule has 0 saturated carbocycles. The number of primary sulfonamides is 1. The molecule has 0 amide bonds. The van der Waals surface area contributed by atoms with Crippen LogP contribution in [0.1, 0.15) is 24.0 Å². The molecule has 158 valence electrons. The molecule has 9 heteroatoms. The summed E-state index contributed by atoms with van der Waals surface area (Å²) in [6, 6.07) is 12.6. The van der Waals surface area contributed by atoms with E-state index in [1.165, 1.54) is 6.07 Å². The largest absolute Gasteiger partial charge is 0.382 e. The molecular formula is C20H30N6O2S. The van der Waals surface area contributed by atoms with Crippen molar-refractivity contribution in [3.8, 4) is 11.1 Å². The van der Waals surface area contributed by atoms with Crippen LogP contribution in [0.5, 0.6) is 0 Å². The van der Waals surface area contributed by atoms with Crippen molar-refractivity contribution in [2.45, 2.75) is 24.3 Å². The first-order chi connectivity index (χ1) is 13.7. The fraction of sp³-hybridized carbons (Fsp3) is 0.350. The molecule has 0 fully saturated rings. The first-order valence-corrected chi connectivity index (χ1v) is 10.9. The third kappa shape index (κ3) is 6.53. The number of unbranched alkanes of at least 4 members (excludes halogenated alkanes) is 1. The maximum absolute atomic E-state index is 12.0. The maximum atomic E-state index is 12.0. The van der Waals surface area contributed by atoms with E-state index in [0.717, 1.165) is 43.6 Å². The van der Waals surface area contributed by atoms with Crippen molar-refractivity contribution in [1.29, 1.82) is 0 Å². The highest BCUT2D eigenvalue weighted by Gasteiger charge is 2.20. The van der Waals surface area contributed by atoms with E-state index in [2.05, 4.69) is 29.4 Å². The highest BCUT2D eigenvalue weighted by Crippen LogP contribution is 2.28. The molecule has 0 heterocycles. The van der Waals surface area contributed by atoms with Gasteiger partial charge in [-0.2, -0.15) is 5.10 Å². The van der Waals surface area contributed by atoms with Gasteiger partial charge in [0.05, 0.1) is 4.90 Å². The molecule has 29 heavy (non-hydrogen) atoms. The van der Waals surface area contributed by atoms with E-state index in [1.807, 2.05) is 24.3 Å². The predicted octanol–water partition coefficient (Wildman–Crippen LogP) is 1.01. The summed E-state index contributed by atoms with van der Waals surface area (Å²) in [6.07, 6.45) is 2.28. The van der Waals surface area contributed by atoms with Crippen molar-refractivity contribution in [1.82, 2.24) is 10.2 Å². The second kappa shape index (κ2) is 10.4. The Kier molecular flexibility index (Phi) is 8.15. The molecule has 0 aliphatic heterocycles. The Hall–Kier alpha value is -2.46. The number of benzene rings is 2. The van der Waals surface area contributed by atoms with E-state index in [4.69, 9.17) is 16.7 Å². The van der Waals surface area contributed by atoms with Gasteiger partial charge < -0.3 is 21.8 Å². The van der Waals surface area contributed by atoms with Crippen molar-refractivity contribution in [3.05, 3.63) is 53.6 Å². The van der Waals surface area contributed by atoms with Crippen LogP contribution in [0.25, 0.3) is 11.1 Å². The monoisotopic (exact) mass is 418 g/mol. The Morgan fingerprint density at radius 2 is 1.79 bits per heavy atom. The molecule has 7 N–H and O–H groups in total. The van der Waals surface area contributed by atoms with Crippen LogP contribution in [-0.2, 0) is 16.6 Å². The molecule has 0 aliphatic carbocycles. The summed E-state index contributed by atoms with van der Waals surface area (Å²) >= 11 is 0. The summed E-state index contributed by atoms with van der Waals surface area (Å²) in [7, 11) is 0.169. The Morgan fingerprint density at radius 1 is 1.10 bits per heavy atom. The molecule has 2 aromatic carbocycles. The number of hydrogen-bond acceptors (Lipinski definition) is 6. The van der Waals surface area contributed by atoms with Crippen LogP contribution < -0.4 is 22.0 Å². The summed E-state index contributed by atoms with van der Waals surface area (Å²) < 4.78 is 23.9. The van der Waals surface area contributed by atoms with E-state index in [0.29, 0.717) is 5.56 Å². The number of amidine groups is 1. The van der Waals surface area contributed by atoms with Gasteiger partial charge in [-0.1, -0.05) is 36.4 Å². The Bertz CT molecular complexity index is 940. The molecule has 0 bridgehead atoms. The summed E-state index contributed by atoms with van der Waals surface area (Å²) in [4.78, 5) is 2.07. The Morgan fingerprint density at radius 3 is 2.38 bits per heavy atom. The molecular weight excluding hydrogens is 388 g/mol. The lowest BCUT2D eigenvalue weighted by Crippen LogP contribution is -2.23. The molecule has 0 atom stereocenters. The molecule has 0 spiro atoms. The number of hydrazone groups is 1. The smallest absolute Gasteiger partial charge is 0.238 e. The third-order valence-corrected chi connectivity index (χ3v) is 5.48. The summed E-state index contributed by atoms with van der Waals surface area (Å²) in [5.41, 5.74) is 8.62. The Labute approximate surface area is 172 Å². The Balaban J connectivity index is 2.16. The van der Waals surface area contributed by atoms with Gasteiger partial charge in [-0.3, -0.25) is 0 Å². The molecule has 0 aromatic heterocycles. The van der Waals surface area contributed by atoms with E-state index >= 15 is 0 Å². The topological polar surface area (TPSA) is 140 Å². The molecule has 0 saturated heterocycles. The van der Waals surface area contributed by atoms with Crippen LogP contribution in [-0.4, -0.2) is 46.3 Å². The standard InChI is InChI=1S/C20H30N6O2S/c1-26(2)13-4-3-12-24-14-15-8-10-16(11-9-15)17-6-5-7-18(29(23,27)28)19(17)20(21)25-22/h5-11,24H,3-4,12-14,22H2,1-2H3,(H2,21,25)(H2,23,27,28). The van der Waals surface area contributed by atoms with Crippen LogP contribution in [0.3, 0.4) is 0 Å². The van der Waals surface area contributed by atoms with E-state index in [1.54, 1.807) is 12.1 Å². The minimum absolute atomic E-state index is 0.0897. The zero-order chi connectivity index (χ0) is 21.4. The van der Waals surface area contributed by atoms with E-state index in [-0.39, 0.29) is 16.3 Å². The summed E-state index contributed by atoms with van der Waals surface area (Å²) in [6.45, 7) is 2.81. The summed E-state index contributed by atoms with van der Waals surface area (Å²) in [5, 5.41) is 12.2. The maximum Gasteiger partial charge on any atom is 0.238 e. The van der Waals surface area contributed by atoms with Gasteiger partial charge in [-0.05, 0) is 62.8 Å². The quantitative estimate of drug-likeness (QED) is 0.149. The van der Waals surface area contributed by atoms with Gasteiger partial charge in [-0.15, -0.1) is 0 Å². The van der Waals surface area contributed by atoms with Gasteiger partial charge in [0.15, 0.2) is 5.84 Å². The van der Waals surface area contributed by atoms with Crippen LogP contribution in [0.2, 0.25) is 0 Å². The number of nitrogens with zero attached hydrogens (tertiary/aromatic N) is 2. The molecule has 8 nitrogen and oxygen atoms in total. The van der Waals surface area contributed by atoms with Crippen molar-refractivity contribution < 1.29 is 8.42 Å². The van der Waals surface area contributed by atoms with Crippen LogP contribution in [0.4, 0.5) is 0 Å². The minimum atomic E-state index is -3.98. The minimum Gasteiger partial charge on any atom is -0.382 e. The fourth-order valence-electron chi connectivity index (χ4n) is 3.05. The van der Waals surface area contributed by atoms with Crippen molar-refractivity contribution >= 4 is 15.9 Å². The average molecular weight is 419 g/mol. The second-order valence-corrected chi connectivity index (χ2v) is 8.65. The van der Waals surface area contributed by atoms with Crippen LogP contribution >= 0.6 is 0 Å². The first kappa shape index (κ1) is 22.8. The first-order valence-electron chi connectivity index (χ1n) is 9.38. The lowest BCUT2D eigenvalue weighted by molar-refractivity contribution is 0.391. The molecule has 2 aromatic rings. The number of nitrogens with two attached hydrogens (primary N) is 3. The summed E-state index contributed by atoms with van der Waals surface area (Å²) in [5.74, 6) is 5.22. The highest BCUT2D eigenvalue weighted by atomic mass is 32.2. The van der Waals surface area contributed by atoms with E-state index < -0.39 is 10.0 Å². The van der Waals surface area contributed by atoms with Gasteiger partial charge >= 0.3 is 0 Å². The SMILES string of the molecule is CN(C)CCCCNCc1ccc(-c2cccc(S(N)(=O)=O)c2/C(N)=N/N)cc1. The van der Waals surface area contributed by atoms with Crippen LogP contribution in [0, 0.1) is 0 Å². The molecule has 2 rings (SSSR count). The fourth-order valence-corrected chi connectivity index (χ4v) is 3.82. The van der Waals surface area contributed by atoms with Gasteiger partial charge in [0.25, 0.3) is 0 Å². The van der Waals surface area contributed by atoms with Crippen molar-refractivity contribution in [3.63, 3.8) is 0 Å². The zero-order valence-electron chi connectivity index (χ0n) is 16.9. The second-order valence-electron chi connectivity index (χ2n) is 7.12. The van der Waals surface area contributed by atoms with Gasteiger partial charge in [0, 0.05) is 12.1 Å². The average Bonchev–Trinajstić information content (AvgIpc) is 2.69. The lowest BCUT2D eigenvalue weighted by atomic mass is 9.98. The molecule has 0 unspecified atom stereocenters. The van der Waals surface area contributed by atoms with Crippen molar-refractivity contribution in [2.24, 2.45) is 21.8 Å². The zero-order valence-corrected chi connectivity index (χ0v) is 17.7. The number of sulfonamides is 1. The van der Waals surface area contributed by atoms with Gasteiger partial charge in [0.1, 0.15) is 0 Å².